The van der Waals surface area contributed by atoms with E-state index in [4.69, 9.17) is 0 Å². The maximum Gasteiger partial charge on any atom is 0.573 e. The van der Waals surface area contributed by atoms with E-state index in [9.17, 15) is 13.2 Å². The molecule has 0 saturated carbocycles. The molecule has 0 aliphatic carbocycles. The largest absolute Gasteiger partial charge is 0.573 e. The van der Waals surface area contributed by atoms with Gasteiger partial charge in [0, 0.05) is 12.7 Å². The van der Waals surface area contributed by atoms with Crippen LogP contribution in [0.15, 0.2) is 54.6 Å². The van der Waals surface area contributed by atoms with Crippen LogP contribution in [0.3, 0.4) is 0 Å². The summed E-state index contributed by atoms with van der Waals surface area (Å²) < 4.78 is 41.1. The Kier molecular flexibility index (Phi) is 3.64. The maximum atomic E-state index is 12.3. The van der Waals surface area contributed by atoms with Gasteiger partial charge in [-0.15, -0.1) is 13.2 Å². The van der Waals surface area contributed by atoms with Crippen molar-refractivity contribution in [3.05, 3.63) is 54.6 Å². The molecule has 0 fully saturated rings. The normalized spacial score (nSPS) is 11.2. The second-order valence-electron chi connectivity index (χ2n) is 3.91. The van der Waals surface area contributed by atoms with Gasteiger partial charge in [-0.05, 0) is 24.3 Å². The lowest BCUT2D eigenvalue weighted by molar-refractivity contribution is -0.274. The molecule has 0 N–H and O–H groups in total. The number of hydrogen-bond acceptors (Lipinski definition) is 2. The Hall–Kier alpha value is -2.17. The first-order chi connectivity index (χ1) is 8.97. The van der Waals surface area contributed by atoms with Crippen molar-refractivity contribution in [2.75, 3.05) is 11.9 Å². The van der Waals surface area contributed by atoms with Gasteiger partial charge < -0.3 is 9.64 Å². The molecule has 0 amide bonds. The smallest absolute Gasteiger partial charge is 0.404 e. The van der Waals surface area contributed by atoms with Crippen molar-refractivity contribution in [1.82, 2.24) is 0 Å². The third kappa shape index (κ3) is 3.40. The van der Waals surface area contributed by atoms with Gasteiger partial charge in [0.05, 0.1) is 5.69 Å². The van der Waals surface area contributed by atoms with Crippen molar-refractivity contribution in [3.8, 4) is 5.75 Å². The minimum atomic E-state index is -4.70. The van der Waals surface area contributed by atoms with Crippen LogP contribution in [-0.4, -0.2) is 13.4 Å². The highest BCUT2D eigenvalue weighted by molar-refractivity contribution is 5.68. The molecule has 0 unspecified atom stereocenters. The van der Waals surface area contributed by atoms with E-state index < -0.39 is 6.36 Å². The summed E-state index contributed by atoms with van der Waals surface area (Å²) in [5.41, 5.74) is 1.13. The van der Waals surface area contributed by atoms with E-state index in [1.54, 1.807) is 24.1 Å². The fourth-order valence-corrected chi connectivity index (χ4v) is 1.74. The lowest BCUT2D eigenvalue weighted by Crippen LogP contribution is -2.19. The second-order valence-corrected chi connectivity index (χ2v) is 3.91. The lowest BCUT2D eigenvalue weighted by atomic mass is 10.2. The van der Waals surface area contributed by atoms with E-state index in [1.807, 2.05) is 30.3 Å². The predicted molar refractivity (Wildman–Crippen MR) is 67.6 cm³/mol. The molecule has 2 aromatic carbocycles. The third-order valence-electron chi connectivity index (χ3n) is 2.60. The monoisotopic (exact) mass is 267 g/mol. The van der Waals surface area contributed by atoms with Gasteiger partial charge in [0.2, 0.25) is 0 Å². The van der Waals surface area contributed by atoms with Crippen LogP contribution in [-0.2, 0) is 0 Å². The molecule has 0 aliphatic heterocycles. The molecular weight excluding hydrogens is 255 g/mol. The Morgan fingerprint density at radius 1 is 0.895 bits per heavy atom. The first-order valence-corrected chi connectivity index (χ1v) is 5.61. The minimum Gasteiger partial charge on any atom is -0.404 e. The minimum absolute atomic E-state index is 0.221. The number of ether oxygens (including phenoxy) is 1. The number of benzene rings is 2. The lowest BCUT2D eigenvalue weighted by Gasteiger charge is -2.22. The summed E-state index contributed by atoms with van der Waals surface area (Å²) >= 11 is 0. The van der Waals surface area contributed by atoms with Crippen molar-refractivity contribution in [3.63, 3.8) is 0 Å². The van der Waals surface area contributed by atoms with Crippen LogP contribution >= 0.6 is 0 Å². The molecule has 2 aromatic rings. The van der Waals surface area contributed by atoms with Gasteiger partial charge >= 0.3 is 6.36 Å². The van der Waals surface area contributed by atoms with Gasteiger partial charge in [-0.3, -0.25) is 0 Å². The van der Waals surface area contributed by atoms with Crippen LogP contribution in [0.1, 0.15) is 0 Å². The zero-order valence-corrected chi connectivity index (χ0v) is 10.2. The van der Waals surface area contributed by atoms with Gasteiger partial charge in [0.15, 0.2) is 5.75 Å². The number of halogens is 3. The fraction of sp³-hybridized carbons (Fsp3) is 0.143. The van der Waals surface area contributed by atoms with E-state index in [-0.39, 0.29) is 5.75 Å². The number of nitrogens with zero attached hydrogens (tertiary/aromatic N) is 1. The standard InChI is InChI=1S/C14H12F3NO/c1-18(11-7-3-2-4-8-11)12-9-5-6-10-13(12)19-14(15,16)17/h2-10H,1H3. The average molecular weight is 267 g/mol. The molecule has 19 heavy (non-hydrogen) atoms. The van der Waals surface area contributed by atoms with Gasteiger partial charge in [-0.25, -0.2) is 0 Å². The summed E-state index contributed by atoms with van der Waals surface area (Å²) in [6.07, 6.45) is -4.70. The molecule has 0 bridgehead atoms. The molecule has 0 heterocycles. The number of hydrogen-bond donors (Lipinski definition) is 0. The molecule has 100 valence electrons. The topological polar surface area (TPSA) is 12.5 Å². The van der Waals surface area contributed by atoms with Crippen LogP contribution in [0, 0.1) is 0 Å². The quantitative estimate of drug-likeness (QED) is 0.819. The van der Waals surface area contributed by atoms with Gasteiger partial charge in [-0.1, -0.05) is 30.3 Å². The molecule has 0 atom stereocenters. The summed E-state index contributed by atoms with van der Waals surface area (Å²) in [6.45, 7) is 0. The molecule has 0 aromatic heterocycles. The number of para-hydroxylation sites is 3. The molecule has 2 rings (SSSR count). The summed E-state index contributed by atoms with van der Waals surface area (Å²) in [7, 11) is 1.69. The van der Waals surface area contributed by atoms with Crippen LogP contribution in [0.5, 0.6) is 5.75 Å². The van der Waals surface area contributed by atoms with Gasteiger partial charge in [0.25, 0.3) is 0 Å². The number of alkyl halides is 3. The molecule has 0 aliphatic rings. The second kappa shape index (κ2) is 5.22. The summed E-state index contributed by atoms with van der Waals surface area (Å²) in [4.78, 5) is 1.64. The van der Waals surface area contributed by atoms with Crippen molar-refractivity contribution in [1.29, 1.82) is 0 Å². The van der Waals surface area contributed by atoms with E-state index in [0.29, 0.717) is 5.69 Å². The highest BCUT2D eigenvalue weighted by Gasteiger charge is 2.32. The van der Waals surface area contributed by atoms with Crippen molar-refractivity contribution in [2.45, 2.75) is 6.36 Å². The first-order valence-electron chi connectivity index (χ1n) is 5.61. The Morgan fingerprint density at radius 3 is 2.11 bits per heavy atom. The number of rotatable bonds is 3. The van der Waals surface area contributed by atoms with E-state index in [1.165, 1.54) is 12.1 Å². The molecule has 0 radical (unpaired) electrons. The summed E-state index contributed by atoms with van der Waals surface area (Å²) in [5.74, 6) is -0.221. The average Bonchev–Trinajstić information content (AvgIpc) is 2.38. The van der Waals surface area contributed by atoms with Crippen LogP contribution in [0.2, 0.25) is 0 Å². The first kappa shape index (κ1) is 13.3. The van der Waals surface area contributed by atoms with Crippen LogP contribution in [0.25, 0.3) is 0 Å². The molecule has 5 heteroatoms. The molecule has 0 spiro atoms. The maximum absolute atomic E-state index is 12.3. The van der Waals surface area contributed by atoms with Crippen LogP contribution in [0.4, 0.5) is 24.5 Å². The zero-order chi connectivity index (χ0) is 13.9. The Balaban J connectivity index is 2.35. The van der Waals surface area contributed by atoms with Crippen molar-refractivity contribution in [2.24, 2.45) is 0 Å². The SMILES string of the molecule is CN(c1ccccc1)c1ccccc1OC(F)(F)F. The molecular formula is C14H12F3NO. The van der Waals surface area contributed by atoms with Crippen molar-refractivity contribution >= 4 is 11.4 Å². The van der Waals surface area contributed by atoms with Gasteiger partial charge in [-0.2, -0.15) is 0 Å². The van der Waals surface area contributed by atoms with E-state index >= 15 is 0 Å². The highest BCUT2D eigenvalue weighted by Crippen LogP contribution is 2.35. The highest BCUT2D eigenvalue weighted by atomic mass is 19.4. The van der Waals surface area contributed by atoms with E-state index in [0.717, 1.165) is 5.69 Å². The van der Waals surface area contributed by atoms with Crippen LogP contribution < -0.4 is 9.64 Å². The molecule has 0 saturated heterocycles. The Labute approximate surface area is 109 Å². The Bertz CT molecular complexity index is 540. The van der Waals surface area contributed by atoms with Crippen molar-refractivity contribution < 1.29 is 17.9 Å². The summed E-state index contributed by atoms with van der Waals surface area (Å²) in [6, 6.07) is 15.1. The Morgan fingerprint density at radius 2 is 1.47 bits per heavy atom. The zero-order valence-electron chi connectivity index (χ0n) is 10.2. The third-order valence-corrected chi connectivity index (χ3v) is 2.60. The van der Waals surface area contributed by atoms with Gasteiger partial charge in [0.1, 0.15) is 0 Å². The predicted octanol–water partition coefficient (Wildman–Crippen LogP) is 4.35. The molecule has 2 nitrogen and oxygen atoms in total. The van der Waals surface area contributed by atoms with E-state index in [2.05, 4.69) is 4.74 Å². The number of anilines is 2. The summed E-state index contributed by atoms with van der Waals surface area (Å²) in [5, 5.41) is 0. The fourth-order valence-electron chi connectivity index (χ4n) is 1.74.